The van der Waals surface area contributed by atoms with E-state index >= 15 is 0 Å². The average molecular weight is 279 g/mol. The molecule has 18 heavy (non-hydrogen) atoms. The molecule has 0 aliphatic heterocycles. The molecule has 2 aromatic carbocycles. The molecular weight excluding hydrogens is 268 g/mol. The Labute approximate surface area is 116 Å². The number of carboxylic acid groups (broad SMARTS) is 1. The van der Waals surface area contributed by atoms with E-state index in [1.165, 1.54) is 0 Å². The van der Waals surface area contributed by atoms with E-state index in [0.29, 0.717) is 10.6 Å². The standard InChI is InChI=1S/C14H11ClO2S/c15-12-7-5-10(6-8-12)9-1-3-11(4-2-9)13(18)14(16)17/h1-8,13,18H,(H,16,17). The van der Waals surface area contributed by atoms with Crippen LogP contribution in [-0.4, -0.2) is 11.1 Å². The minimum atomic E-state index is -0.947. The minimum Gasteiger partial charge on any atom is -0.480 e. The summed E-state index contributed by atoms with van der Waals surface area (Å²) >= 11 is 9.86. The lowest BCUT2D eigenvalue weighted by Crippen LogP contribution is -2.04. The summed E-state index contributed by atoms with van der Waals surface area (Å²) in [5.41, 5.74) is 2.72. The van der Waals surface area contributed by atoms with Gasteiger partial charge in [-0.1, -0.05) is 48.0 Å². The number of thiol groups is 1. The summed E-state index contributed by atoms with van der Waals surface area (Å²) < 4.78 is 0. The van der Waals surface area contributed by atoms with Gasteiger partial charge in [-0.15, -0.1) is 0 Å². The molecule has 2 rings (SSSR count). The molecule has 0 aromatic heterocycles. The van der Waals surface area contributed by atoms with E-state index in [2.05, 4.69) is 12.6 Å². The molecule has 0 aliphatic carbocycles. The summed E-state index contributed by atoms with van der Waals surface area (Å²) in [6, 6.07) is 14.8. The Bertz CT molecular complexity index is 549. The number of aliphatic carboxylic acids is 1. The molecular formula is C14H11ClO2S. The lowest BCUT2D eigenvalue weighted by Gasteiger charge is -2.07. The first-order valence-electron chi connectivity index (χ1n) is 5.34. The van der Waals surface area contributed by atoms with Crippen molar-refractivity contribution >= 4 is 30.2 Å². The third-order valence-corrected chi connectivity index (χ3v) is 3.41. The summed E-state index contributed by atoms with van der Waals surface area (Å²) in [6.07, 6.45) is 0. The van der Waals surface area contributed by atoms with Gasteiger partial charge in [-0.25, -0.2) is 0 Å². The fourth-order valence-electron chi connectivity index (χ4n) is 1.64. The zero-order valence-electron chi connectivity index (χ0n) is 9.38. The second-order valence-corrected chi connectivity index (χ2v) is 4.82. The maximum atomic E-state index is 10.8. The minimum absolute atomic E-state index is 0.670. The first-order chi connectivity index (χ1) is 8.58. The van der Waals surface area contributed by atoms with Crippen LogP contribution in [0.4, 0.5) is 0 Å². The molecule has 1 N–H and O–H groups in total. The van der Waals surface area contributed by atoms with Crippen molar-refractivity contribution in [1.29, 1.82) is 0 Å². The van der Waals surface area contributed by atoms with Crippen LogP contribution in [0.25, 0.3) is 11.1 Å². The predicted molar refractivity (Wildman–Crippen MR) is 76.3 cm³/mol. The highest BCUT2D eigenvalue weighted by Gasteiger charge is 2.14. The van der Waals surface area contributed by atoms with E-state index in [9.17, 15) is 4.79 Å². The van der Waals surface area contributed by atoms with Crippen molar-refractivity contribution < 1.29 is 9.90 Å². The lowest BCUT2D eigenvalue weighted by atomic mass is 10.0. The van der Waals surface area contributed by atoms with Crippen molar-refractivity contribution in [2.45, 2.75) is 5.25 Å². The van der Waals surface area contributed by atoms with Gasteiger partial charge < -0.3 is 5.11 Å². The quantitative estimate of drug-likeness (QED) is 0.831. The highest BCUT2D eigenvalue weighted by molar-refractivity contribution is 7.81. The van der Waals surface area contributed by atoms with Crippen LogP contribution < -0.4 is 0 Å². The largest absolute Gasteiger partial charge is 0.480 e. The van der Waals surface area contributed by atoms with Crippen LogP contribution in [0.2, 0.25) is 5.02 Å². The topological polar surface area (TPSA) is 37.3 Å². The number of halogens is 1. The van der Waals surface area contributed by atoms with Crippen molar-refractivity contribution in [3.63, 3.8) is 0 Å². The van der Waals surface area contributed by atoms with E-state index in [-0.39, 0.29) is 0 Å². The van der Waals surface area contributed by atoms with E-state index in [1.54, 1.807) is 12.1 Å². The Morgan fingerprint density at radius 3 is 1.89 bits per heavy atom. The summed E-state index contributed by atoms with van der Waals surface area (Å²) in [7, 11) is 0. The van der Waals surface area contributed by atoms with Gasteiger partial charge in [0.05, 0.1) is 0 Å². The van der Waals surface area contributed by atoms with Crippen molar-refractivity contribution in [2.24, 2.45) is 0 Å². The van der Waals surface area contributed by atoms with Crippen molar-refractivity contribution in [3.05, 3.63) is 59.1 Å². The van der Waals surface area contributed by atoms with Gasteiger partial charge in [0.2, 0.25) is 0 Å². The molecule has 0 fully saturated rings. The highest BCUT2D eigenvalue weighted by atomic mass is 35.5. The average Bonchev–Trinajstić information content (AvgIpc) is 2.39. The fourth-order valence-corrected chi connectivity index (χ4v) is 1.94. The first-order valence-corrected chi connectivity index (χ1v) is 6.24. The molecule has 1 unspecified atom stereocenters. The van der Waals surface area contributed by atoms with Gasteiger partial charge in [-0.2, -0.15) is 12.6 Å². The monoisotopic (exact) mass is 278 g/mol. The third kappa shape index (κ3) is 2.86. The molecule has 0 radical (unpaired) electrons. The Balaban J connectivity index is 2.27. The van der Waals surface area contributed by atoms with E-state index in [1.807, 2.05) is 36.4 Å². The molecule has 4 heteroatoms. The zero-order valence-corrected chi connectivity index (χ0v) is 11.0. The third-order valence-electron chi connectivity index (χ3n) is 2.64. The summed E-state index contributed by atoms with van der Waals surface area (Å²) in [4.78, 5) is 10.8. The van der Waals surface area contributed by atoms with Gasteiger partial charge in [0, 0.05) is 5.02 Å². The molecule has 0 saturated heterocycles. The molecule has 0 amide bonds. The van der Waals surface area contributed by atoms with Gasteiger partial charge >= 0.3 is 5.97 Å². The predicted octanol–water partition coefficient (Wildman–Crippen LogP) is 4.06. The highest BCUT2D eigenvalue weighted by Crippen LogP contribution is 2.25. The SMILES string of the molecule is O=C(O)C(S)c1ccc(-c2ccc(Cl)cc2)cc1. The van der Waals surface area contributed by atoms with Gasteiger partial charge in [0.15, 0.2) is 0 Å². The molecule has 2 nitrogen and oxygen atoms in total. The first kappa shape index (κ1) is 13.0. The fraction of sp³-hybridized carbons (Fsp3) is 0.0714. The molecule has 0 heterocycles. The maximum absolute atomic E-state index is 10.8. The van der Waals surface area contributed by atoms with Gasteiger partial charge in [0.25, 0.3) is 0 Å². The molecule has 92 valence electrons. The van der Waals surface area contributed by atoms with E-state index in [0.717, 1.165) is 11.1 Å². The van der Waals surface area contributed by atoms with E-state index in [4.69, 9.17) is 16.7 Å². The Morgan fingerprint density at radius 1 is 1.00 bits per heavy atom. The zero-order chi connectivity index (χ0) is 13.1. The molecule has 0 spiro atoms. The second-order valence-electron chi connectivity index (χ2n) is 3.87. The van der Waals surface area contributed by atoms with Crippen molar-refractivity contribution in [3.8, 4) is 11.1 Å². The van der Waals surface area contributed by atoms with Crippen LogP contribution in [0, 0.1) is 0 Å². The van der Waals surface area contributed by atoms with Crippen molar-refractivity contribution in [1.82, 2.24) is 0 Å². The normalized spacial score (nSPS) is 12.1. The van der Waals surface area contributed by atoms with E-state index < -0.39 is 11.2 Å². The number of hydrogen-bond donors (Lipinski definition) is 2. The van der Waals surface area contributed by atoms with Gasteiger partial charge in [0.1, 0.15) is 5.25 Å². The van der Waals surface area contributed by atoms with Crippen LogP contribution in [0.3, 0.4) is 0 Å². The Morgan fingerprint density at radius 2 is 1.44 bits per heavy atom. The molecule has 1 atom stereocenters. The smallest absolute Gasteiger partial charge is 0.320 e. The van der Waals surface area contributed by atoms with Crippen LogP contribution in [0.15, 0.2) is 48.5 Å². The number of benzene rings is 2. The van der Waals surface area contributed by atoms with Gasteiger partial charge in [-0.05, 0) is 28.8 Å². The Kier molecular flexibility index (Phi) is 3.94. The van der Waals surface area contributed by atoms with Crippen LogP contribution in [0.5, 0.6) is 0 Å². The molecule has 0 saturated carbocycles. The van der Waals surface area contributed by atoms with Crippen LogP contribution in [-0.2, 0) is 4.79 Å². The number of hydrogen-bond acceptors (Lipinski definition) is 2. The summed E-state index contributed by atoms with van der Waals surface area (Å²) in [5.74, 6) is -0.947. The maximum Gasteiger partial charge on any atom is 0.320 e. The lowest BCUT2D eigenvalue weighted by molar-refractivity contribution is -0.136. The molecule has 0 aliphatic rings. The summed E-state index contributed by atoms with van der Waals surface area (Å²) in [6.45, 7) is 0. The molecule has 0 bridgehead atoms. The summed E-state index contributed by atoms with van der Waals surface area (Å²) in [5, 5.41) is 8.76. The number of carbonyl (C=O) groups is 1. The number of rotatable bonds is 3. The van der Waals surface area contributed by atoms with Gasteiger partial charge in [-0.3, -0.25) is 4.79 Å². The Hall–Kier alpha value is -1.45. The second kappa shape index (κ2) is 5.46. The van der Waals surface area contributed by atoms with Crippen LogP contribution in [0.1, 0.15) is 10.8 Å². The molecule has 2 aromatic rings. The van der Waals surface area contributed by atoms with Crippen LogP contribution >= 0.6 is 24.2 Å². The van der Waals surface area contributed by atoms with Crippen molar-refractivity contribution in [2.75, 3.05) is 0 Å². The number of carboxylic acids is 1.